The minimum absolute atomic E-state index is 0.0916. The molecule has 0 bridgehead atoms. The van der Waals surface area contributed by atoms with Crippen molar-refractivity contribution in [3.05, 3.63) is 24.0 Å². The van der Waals surface area contributed by atoms with Gasteiger partial charge in [-0.1, -0.05) is 0 Å². The predicted molar refractivity (Wildman–Crippen MR) is 65.6 cm³/mol. The molecule has 0 heterocycles. The van der Waals surface area contributed by atoms with Crippen molar-refractivity contribution >= 4 is 17.3 Å². The average molecular weight is 294 g/mol. The van der Waals surface area contributed by atoms with E-state index in [9.17, 15) is 22.4 Å². The van der Waals surface area contributed by atoms with Crippen LogP contribution in [0.3, 0.4) is 0 Å². The molecule has 0 unspecified atom stereocenters. The summed E-state index contributed by atoms with van der Waals surface area (Å²) >= 11 is 0. The summed E-state index contributed by atoms with van der Waals surface area (Å²) in [7, 11) is 0. The number of carbonyl (C=O) groups is 1. The van der Waals surface area contributed by atoms with E-state index < -0.39 is 30.9 Å². The topological polar surface area (TPSA) is 64.3 Å². The number of ether oxygens (including phenoxy) is 1. The van der Waals surface area contributed by atoms with Crippen LogP contribution in [-0.4, -0.2) is 25.3 Å². The highest BCUT2D eigenvalue weighted by atomic mass is 19.4. The molecule has 0 atom stereocenters. The smallest absolute Gasteiger partial charge is 0.389 e. The molecule has 1 aromatic carbocycles. The van der Waals surface area contributed by atoms with Gasteiger partial charge < -0.3 is 15.8 Å². The lowest BCUT2D eigenvalue weighted by Crippen LogP contribution is -2.20. The molecule has 20 heavy (non-hydrogen) atoms. The second-order valence-electron chi connectivity index (χ2n) is 4.05. The van der Waals surface area contributed by atoms with Crippen LogP contribution >= 0.6 is 0 Å². The zero-order valence-electron chi connectivity index (χ0n) is 10.5. The Kier molecular flexibility index (Phi) is 5.75. The molecule has 0 saturated heterocycles. The van der Waals surface area contributed by atoms with Gasteiger partial charge in [-0.2, -0.15) is 13.2 Å². The van der Waals surface area contributed by atoms with Crippen molar-refractivity contribution < 1.29 is 27.1 Å². The molecule has 4 nitrogen and oxygen atoms in total. The van der Waals surface area contributed by atoms with E-state index in [4.69, 9.17) is 10.5 Å². The Balaban J connectivity index is 2.29. The van der Waals surface area contributed by atoms with E-state index in [-0.39, 0.29) is 24.4 Å². The monoisotopic (exact) mass is 294 g/mol. The van der Waals surface area contributed by atoms with E-state index in [0.717, 1.165) is 12.1 Å². The minimum Gasteiger partial charge on any atom is -0.397 e. The molecule has 0 fully saturated rings. The second kappa shape index (κ2) is 7.09. The van der Waals surface area contributed by atoms with Gasteiger partial charge in [0.15, 0.2) is 0 Å². The first-order valence-electron chi connectivity index (χ1n) is 5.77. The van der Waals surface area contributed by atoms with Crippen molar-refractivity contribution in [2.75, 3.05) is 24.3 Å². The molecule has 1 rings (SSSR count). The highest BCUT2D eigenvalue weighted by molar-refractivity contribution is 5.94. The fourth-order valence-electron chi connectivity index (χ4n) is 1.36. The molecule has 0 aliphatic rings. The van der Waals surface area contributed by atoms with Crippen LogP contribution in [0.5, 0.6) is 0 Å². The number of nitrogen functional groups attached to an aromatic ring is 1. The lowest BCUT2D eigenvalue weighted by molar-refractivity contribution is -0.138. The molecule has 1 aromatic rings. The van der Waals surface area contributed by atoms with Gasteiger partial charge in [0.05, 0.1) is 11.4 Å². The van der Waals surface area contributed by atoms with E-state index in [1.807, 2.05) is 0 Å². The third-order valence-corrected chi connectivity index (χ3v) is 2.27. The largest absolute Gasteiger partial charge is 0.397 e. The number of nitrogens with two attached hydrogens (primary N) is 1. The van der Waals surface area contributed by atoms with Crippen LogP contribution in [0.1, 0.15) is 12.8 Å². The normalized spacial score (nSPS) is 11.4. The van der Waals surface area contributed by atoms with Gasteiger partial charge >= 0.3 is 6.18 Å². The van der Waals surface area contributed by atoms with Crippen LogP contribution in [0.15, 0.2) is 18.2 Å². The maximum absolute atomic E-state index is 12.9. The summed E-state index contributed by atoms with van der Waals surface area (Å²) in [6.45, 7) is -0.612. The Labute approximate surface area is 112 Å². The van der Waals surface area contributed by atoms with Gasteiger partial charge in [-0.3, -0.25) is 4.79 Å². The number of halogens is 4. The Morgan fingerprint density at radius 2 is 2.05 bits per heavy atom. The molecule has 0 spiro atoms. The maximum Gasteiger partial charge on any atom is 0.389 e. The molecule has 0 aromatic heterocycles. The Morgan fingerprint density at radius 1 is 1.35 bits per heavy atom. The van der Waals surface area contributed by atoms with E-state index in [0.29, 0.717) is 0 Å². The number of anilines is 2. The van der Waals surface area contributed by atoms with Gasteiger partial charge in [0.1, 0.15) is 12.4 Å². The van der Waals surface area contributed by atoms with E-state index >= 15 is 0 Å². The van der Waals surface area contributed by atoms with Gasteiger partial charge in [0.2, 0.25) is 5.91 Å². The van der Waals surface area contributed by atoms with Gasteiger partial charge in [-0.25, -0.2) is 4.39 Å². The van der Waals surface area contributed by atoms with Crippen molar-refractivity contribution in [2.45, 2.75) is 19.0 Å². The summed E-state index contributed by atoms with van der Waals surface area (Å²) in [6, 6.07) is 3.46. The second-order valence-corrected chi connectivity index (χ2v) is 4.05. The molecule has 0 saturated carbocycles. The Bertz CT molecular complexity index is 463. The standard InChI is InChI=1S/C12H14F4N2O2/c13-8-2-3-9(17)10(6-8)18-11(19)7-20-5-1-4-12(14,15)16/h2-3,6H,1,4-5,7,17H2,(H,18,19). The third-order valence-electron chi connectivity index (χ3n) is 2.27. The van der Waals surface area contributed by atoms with Crippen molar-refractivity contribution in [3.8, 4) is 0 Å². The molecule has 0 radical (unpaired) electrons. The highest BCUT2D eigenvalue weighted by Gasteiger charge is 2.25. The van der Waals surface area contributed by atoms with E-state index in [2.05, 4.69) is 5.32 Å². The molecule has 112 valence electrons. The number of rotatable bonds is 6. The summed E-state index contributed by atoms with van der Waals surface area (Å²) in [6.07, 6.45) is -5.42. The summed E-state index contributed by atoms with van der Waals surface area (Å²) in [5, 5.41) is 2.31. The number of hydrogen-bond donors (Lipinski definition) is 2. The Morgan fingerprint density at radius 3 is 2.70 bits per heavy atom. The van der Waals surface area contributed by atoms with Gasteiger partial charge in [0.25, 0.3) is 0 Å². The summed E-state index contributed by atoms with van der Waals surface area (Å²) in [5.41, 5.74) is 5.78. The van der Waals surface area contributed by atoms with Crippen LogP contribution in [0, 0.1) is 5.82 Å². The fourth-order valence-corrected chi connectivity index (χ4v) is 1.36. The van der Waals surface area contributed by atoms with Crippen LogP contribution in [0.2, 0.25) is 0 Å². The van der Waals surface area contributed by atoms with Crippen molar-refractivity contribution in [3.63, 3.8) is 0 Å². The van der Waals surface area contributed by atoms with Crippen LogP contribution in [0.4, 0.5) is 28.9 Å². The number of benzene rings is 1. The number of nitrogens with one attached hydrogen (secondary N) is 1. The Hall–Kier alpha value is -1.83. The molecule has 3 N–H and O–H groups in total. The number of carbonyl (C=O) groups excluding carboxylic acids is 1. The lowest BCUT2D eigenvalue weighted by atomic mass is 10.2. The highest BCUT2D eigenvalue weighted by Crippen LogP contribution is 2.21. The first-order chi connectivity index (χ1) is 9.28. The minimum atomic E-state index is -4.23. The third kappa shape index (κ3) is 6.37. The molecule has 0 aliphatic carbocycles. The van der Waals surface area contributed by atoms with Crippen LogP contribution in [0.25, 0.3) is 0 Å². The number of alkyl halides is 3. The molecule has 8 heteroatoms. The SMILES string of the molecule is Nc1ccc(F)cc1NC(=O)COCCCC(F)(F)F. The van der Waals surface area contributed by atoms with Crippen molar-refractivity contribution in [1.29, 1.82) is 0 Å². The van der Waals surface area contributed by atoms with Gasteiger partial charge in [-0.05, 0) is 24.6 Å². The van der Waals surface area contributed by atoms with Crippen LogP contribution in [-0.2, 0) is 9.53 Å². The van der Waals surface area contributed by atoms with E-state index in [1.165, 1.54) is 6.07 Å². The van der Waals surface area contributed by atoms with Crippen molar-refractivity contribution in [2.24, 2.45) is 0 Å². The zero-order chi connectivity index (χ0) is 15.2. The molecular weight excluding hydrogens is 280 g/mol. The summed E-state index contributed by atoms with van der Waals surface area (Å²) < 4.78 is 53.2. The first-order valence-corrected chi connectivity index (χ1v) is 5.77. The summed E-state index contributed by atoms with van der Waals surface area (Å²) in [5.74, 6) is -1.19. The summed E-state index contributed by atoms with van der Waals surface area (Å²) in [4.78, 5) is 11.4. The predicted octanol–water partition coefficient (Wildman–Crippen LogP) is 2.71. The number of hydrogen-bond acceptors (Lipinski definition) is 3. The number of amides is 1. The van der Waals surface area contributed by atoms with Gasteiger partial charge in [0, 0.05) is 13.0 Å². The maximum atomic E-state index is 12.9. The molecule has 1 amide bonds. The van der Waals surface area contributed by atoms with Crippen LogP contribution < -0.4 is 11.1 Å². The molecule has 0 aliphatic heterocycles. The van der Waals surface area contributed by atoms with E-state index in [1.54, 1.807) is 0 Å². The molecular formula is C12H14F4N2O2. The van der Waals surface area contributed by atoms with Crippen molar-refractivity contribution in [1.82, 2.24) is 0 Å². The zero-order valence-corrected chi connectivity index (χ0v) is 10.5. The quantitative estimate of drug-likeness (QED) is 0.481. The fraction of sp³-hybridized carbons (Fsp3) is 0.417. The first kappa shape index (κ1) is 16.2. The van der Waals surface area contributed by atoms with Gasteiger partial charge in [-0.15, -0.1) is 0 Å². The average Bonchev–Trinajstić information content (AvgIpc) is 2.32. The lowest BCUT2D eigenvalue weighted by Gasteiger charge is -2.09.